The average Bonchev–Trinajstić information content (AvgIpc) is 3.20. The topological polar surface area (TPSA) is 210 Å². The van der Waals surface area contributed by atoms with E-state index in [0.717, 1.165) is 38.5 Å². The third-order valence-corrected chi connectivity index (χ3v) is 12.2. The Kier molecular flexibility index (Phi) is 33.5. The van der Waals surface area contributed by atoms with Crippen molar-refractivity contribution in [3.05, 3.63) is 0 Å². The lowest BCUT2D eigenvalue weighted by Crippen LogP contribution is -2.64. The number of rotatable bonds is 39. The molecule has 0 saturated heterocycles. The molecule has 0 amide bonds. The molecule has 6 N–H and O–H groups in total. The van der Waals surface area contributed by atoms with Gasteiger partial charge in [-0.2, -0.15) is 0 Å². The van der Waals surface area contributed by atoms with E-state index in [2.05, 4.69) is 13.8 Å². The van der Waals surface area contributed by atoms with Gasteiger partial charge < -0.3 is 39.9 Å². The third-order valence-electron chi connectivity index (χ3n) is 11.2. The van der Waals surface area contributed by atoms with Crippen LogP contribution in [0.4, 0.5) is 0 Å². The highest BCUT2D eigenvalue weighted by atomic mass is 31.2. The highest BCUT2D eigenvalue weighted by molar-refractivity contribution is 7.47. The number of aliphatic hydroxyl groups is 5. The normalized spacial score (nSPS) is 22.4. The molecule has 1 aliphatic rings. The van der Waals surface area contributed by atoms with E-state index in [1.54, 1.807) is 0 Å². The lowest BCUT2D eigenvalue weighted by atomic mass is 9.85. The van der Waals surface area contributed by atoms with Crippen LogP contribution in [0.5, 0.6) is 0 Å². The second kappa shape index (κ2) is 35.4. The maximum atomic E-state index is 12.8. The first-order valence-corrected chi connectivity index (χ1v) is 24.8. The van der Waals surface area contributed by atoms with Gasteiger partial charge in [-0.25, -0.2) is 4.57 Å². The van der Waals surface area contributed by atoms with Crippen molar-refractivity contribution in [1.29, 1.82) is 0 Å². The van der Waals surface area contributed by atoms with Gasteiger partial charge in [-0.1, -0.05) is 187 Å². The van der Waals surface area contributed by atoms with Crippen LogP contribution in [-0.4, -0.2) is 98.3 Å². The number of carbonyl (C=O) groups is 2. The predicted molar refractivity (Wildman–Crippen MR) is 226 cm³/mol. The number of ether oxygens (including phenoxy) is 2. The summed E-state index contributed by atoms with van der Waals surface area (Å²) in [6.07, 6.45) is 21.6. The van der Waals surface area contributed by atoms with E-state index in [1.807, 2.05) is 0 Å². The van der Waals surface area contributed by atoms with Gasteiger partial charge in [0.15, 0.2) is 6.10 Å². The molecule has 1 saturated carbocycles. The number of phosphoric ester groups is 1. The van der Waals surface area contributed by atoms with E-state index in [1.165, 1.54) is 135 Å². The van der Waals surface area contributed by atoms with Crippen molar-refractivity contribution in [3.63, 3.8) is 0 Å². The van der Waals surface area contributed by atoms with Crippen LogP contribution in [0.15, 0.2) is 0 Å². The SMILES string of the molecule is CCCCCCCCCCCCCCCCCCCC(=O)OC(COC(=O)CCCCCCCCCCCCCC)COP(=O)(O)OC1C(O)C(O)C(O)C(O)C1O. The van der Waals surface area contributed by atoms with Gasteiger partial charge in [-0.05, 0) is 12.8 Å². The molecule has 6 atom stereocenters. The van der Waals surface area contributed by atoms with Crippen LogP contribution < -0.4 is 0 Å². The Morgan fingerprint density at radius 2 is 0.776 bits per heavy atom. The number of phosphoric acid groups is 1. The van der Waals surface area contributed by atoms with E-state index in [4.69, 9.17) is 18.5 Å². The van der Waals surface area contributed by atoms with Gasteiger partial charge in [0.1, 0.15) is 43.2 Å². The Morgan fingerprint density at radius 3 is 1.14 bits per heavy atom. The number of carbonyl (C=O) groups excluding carboxylic acids is 2. The summed E-state index contributed by atoms with van der Waals surface area (Å²) in [5, 5.41) is 50.1. The molecular weight excluding hydrogens is 767 g/mol. The lowest BCUT2D eigenvalue weighted by molar-refractivity contribution is -0.220. The summed E-state index contributed by atoms with van der Waals surface area (Å²) in [5.41, 5.74) is 0. The van der Waals surface area contributed by atoms with Gasteiger partial charge in [0.25, 0.3) is 0 Å². The molecule has 1 aliphatic carbocycles. The molecule has 1 fully saturated rings. The molecule has 0 heterocycles. The minimum Gasteiger partial charge on any atom is -0.462 e. The zero-order chi connectivity index (χ0) is 42.9. The van der Waals surface area contributed by atoms with E-state index in [9.17, 15) is 44.6 Å². The van der Waals surface area contributed by atoms with Crippen LogP contribution in [-0.2, 0) is 32.7 Å². The summed E-state index contributed by atoms with van der Waals surface area (Å²) in [7, 11) is -5.11. The number of aliphatic hydroxyl groups excluding tert-OH is 5. The van der Waals surface area contributed by atoms with Crippen molar-refractivity contribution in [2.75, 3.05) is 13.2 Å². The van der Waals surface area contributed by atoms with Crippen LogP contribution in [0.2, 0.25) is 0 Å². The summed E-state index contributed by atoms with van der Waals surface area (Å²) in [5.74, 6) is -1.08. The van der Waals surface area contributed by atoms with E-state index in [-0.39, 0.29) is 12.8 Å². The minimum absolute atomic E-state index is 0.105. The molecule has 0 spiro atoms. The molecule has 0 aromatic heterocycles. The van der Waals surface area contributed by atoms with Gasteiger partial charge >= 0.3 is 19.8 Å². The predicted octanol–water partition coefficient (Wildman–Crippen LogP) is 8.89. The molecule has 0 radical (unpaired) electrons. The first-order chi connectivity index (χ1) is 27.9. The molecular formula is C44H85O13P. The van der Waals surface area contributed by atoms with Crippen molar-refractivity contribution in [3.8, 4) is 0 Å². The van der Waals surface area contributed by atoms with Crippen molar-refractivity contribution in [2.24, 2.45) is 0 Å². The Labute approximate surface area is 351 Å². The van der Waals surface area contributed by atoms with E-state index in [0.29, 0.717) is 12.8 Å². The van der Waals surface area contributed by atoms with Crippen molar-refractivity contribution in [2.45, 2.75) is 256 Å². The maximum Gasteiger partial charge on any atom is 0.472 e. The standard InChI is InChI=1S/C44H85O13P/c1-3-5-7-9-11-13-15-17-18-19-20-21-23-25-27-29-31-33-38(46)56-36(34-54-37(45)32-30-28-26-24-22-16-14-12-10-8-6-4-2)35-55-58(52,53)57-44-42(50)40(48)39(47)41(49)43(44)51/h36,39-44,47-51H,3-35H2,1-2H3,(H,52,53). The van der Waals surface area contributed by atoms with Gasteiger partial charge in [-0.3, -0.25) is 18.6 Å². The molecule has 58 heavy (non-hydrogen) atoms. The van der Waals surface area contributed by atoms with Crippen LogP contribution >= 0.6 is 7.82 Å². The Morgan fingerprint density at radius 1 is 0.466 bits per heavy atom. The van der Waals surface area contributed by atoms with Gasteiger partial charge in [-0.15, -0.1) is 0 Å². The first-order valence-electron chi connectivity index (χ1n) is 23.3. The van der Waals surface area contributed by atoms with Gasteiger partial charge in [0, 0.05) is 12.8 Å². The zero-order valence-corrected chi connectivity index (χ0v) is 37.3. The van der Waals surface area contributed by atoms with Crippen LogP contribution in [0.3, 0.4) is 0 Å². The Balaban J connectivity index is 2.43. The largest absolute Gasteiger partial charge is 0.472 e. The summed E-state index contributed by atoms with van der Waals surface area (Å²) in [4.78, 5) is 35.6. The minimum atomic E-state index is -5.11. The molecule has 0 aromatic carbocycles. The summed E-state index contributed by atoms with van der Waals surface area (Å²) in [6.45, 7) is 3.31. The van der Waals surface area contributed by atoms with Crippen molar-refractivity contribution >= 4 is 19.8 Å². The lowest BCUT2D eigenvalue weighted by Gasteiger charge is -2.41. The molecule has 6 unspecified atom stereocenters. The third kappa shape index (κ3) is 27.6. The molecule has 14 heteroatoms. The second-order valence-electron chi connectivity index (χ2n) is 16.6. The van der Waals surface area contributed by atoms with E-state index >= 15 is 0 Å². The Bertz CT molecular complexity index is 1030. The number of hydrogen-bond acceptors (Lipinski definition) is 12. The van der Waals surface area contributed by atoms with Crippen LogP contribution in [0.25, 0.3) is 0 Å². The van der Waals surface area contributed by atoms with Crippen LogP contribution in [0.1, 0.15) is 213 Å². The van der Waals surface area contributed by atoms with Gasteiger partial charge in [0.2, 0.25) is 0 Å². The van der Waals surface area contributed by atoms with Crippen molar-refractivity contribution < 1.29 is 63.1 Å². The van der Waals surface area contributed by atoms with E-state index < -0.39 is 75.7 Å². The first kappa shape index (κ1) is 54.9. The smallest absolute Gasteiger partial charge is 0.462 e. The second-order valence-corrected chi connectivity index (χ2v) is 18.0. The molecule has 13 nitrogen and oxygen atoms in total. The molecule has 0 bridgehead atoms. The fraction of sp³-hybridized carbons (Fsp3) is 0.955. The zero-order valence-electron chi connectivity index (χ0n) is 36.4. The Hall–Kier alpha value is -1.15. The fourth-order valence-electron chi connectivity index (χ4n) is 7.41. The summed E-state index contributed by atoms with van der Waals surface area (Å²) in [6, 6.07) is 0. The number of esters is 2. The maximum absolute atomic E-state index is 12.8. The van der Waals surface area contributed by atoms with Crippen LogP contribution in [0, 0.1) is 0 Å². The summed E-state index contributed by atoms with van der Waals surface area (Å²) < 4.78 is 33.5. The average molecular weight is 853 g/mol. The molecule has 0 aromatic rings. The number of unbranched alkanes of at least 4 members (excludes halogenated alkanes) is 27. The summed E-state index contributed by atoms with van der Waals surface area (Å²) >= 11 is 0. The highest BCUT2D eigenvalue weighted by Crippen LogP contribution is 2.47. The van der Waals surface area contributed by atoms with Gasteiger partial charge in [0.05, 0.1) is 6.61 Å². The molecule has 1 rings (SSSR count). The highest BCUT2D eigenvalue weighted by Gasteiger charge is 2.51. The monoisotopic (exact) mass is 853 g/mol. The number of hydrogen-bond donors (Lipinski definition) is 6. The fourth-order valence-corrected chi connectivity index (χ4v) is 8.38. The quantitative estimate of drug-likeness (QED) is 0.0194. The molecule has 0 aliphatic heterocycles. The van der Waals surface area contributed by atoms with Crippen molar-refractivity contribution in [1.82, 2.24) is 0 Å². The molecule has 344 valence electrons.